The number of carbonyl (C=O) groups excluding carboxylic acids is 2. The first-order valence-corrected chi connectivity index (χ1v) is 10.2. The second-order valence-corrected chi connectivity index (χ2v) is 8.67. The number of nitrogens with zero attached hydrogens (tertiary/aromatic N) is 2. The highest BCUT2D eigenvalue weighted by Gasteiger charge is 2.27. The Hall–Kier alpha value is -2.17. The van der Waals surface area contributed by atoms with Crippen molar-refractivity contribution in [2.24, 2.45) is 5.92 Å². The molecule has 1 aromatic carbocycles. The summed E-state index contributed by atoms with van der Waals surface area (Å²) in [6.45, 7) is 1.05. The van der Waals surface area contributed by atoms with Crippen LogP contribution in [0, 0.1) is 5.92 Å². The molecule has 0 aromatic heterocycles. The van der Waals surface area contributed by atoms with E-state index in [-0.39, 0.29) is 35.9 Å². The predicted molar refractivity (Wildman–Crippen MR) is 101 cm³/mol. The summed E-state index contributed by atoms with van der Waals surface area (Å²) in [5.74, 6) is -0.252. The highest BCUT2D eigenvalue weighted by molar-refractivity contribution is 7.89. The molecule has 3 amide bonds. The summed E-state index contributed by atoms with van der Waals surface area (Å²) >= 11 is 0. The number of carbonyl (C=O) groups is 2. The molecule has 0 saturated carbocycles. The fraction of sp³-hybridized carbons (Fsp3) is 0.529. The number of nitrogens with one attached hydrogen (secondary N) is 2. The van der Waals surface area contributed by atoms with Crippen LogP contribution in [-0.4, -0.2) is 75.0 Å². The van der Waals surface area contributed by atoms with Crippen LogP contribution in [0.25, 0.3) is 0 Å². The van der Waals surface area contributed by atoms with Gasteiger partial charge in [-0.05, 0) is 37.1 Å². The molecule has 0 aliphatic carbocycles. The van der Waals surface area contributed by atoms with E-state index in [0.29, 0.717) is 31.6 Å². The van der Waals surface area contributed by atoms with Crippen molar-refractivity contribution in [1.29, 1.82) is 0 Å². The average molecular weight is 398 g/mol. The number of anilines is 1. The fourth-order valence-electron chi connectivity index (χ4n) is 2.79. The molecule has 1 aromatic rings. The number of sulfonamides is 1. The predicted octanol–water partition coefficient (Wildman–Crippen LogP) is 0.289. The minimum atomic E-state index is -3.51. The highest BCUT2D eigenvalue weighted by Crippen LogP contribution is 2.20. The van der Waals surface area contributed by atoms with Crippen molar-refractivity contribution in [3.05, 3.63) is 24.3 Å². The van der Waals surface area contributed by atoms with Gasteiger partial charge in [0.2, 0.25) is 15.9 Å². The Kier molecular flexibility index (Phi) is 7.17. The molecule has 1 fully saturated rings. The number of urea groups is 1. The number of hydrogen-bond acceptors (Lipinski definition) is 5. The van der Waals surface area contributed by atoms with Crippen LogP contribution in [0.4, 0.5) is 10.5 Å². The molecule has 9 nitrogen and oxygen atoms in total. The Morgan fingerprint density at radius 3 is 2.30 bits per heavy atom. The number of aliphatic hydroxyl groups is 1. The lowest BCUT2D eigenvalue weighted by molar-refractivity contribution is -0.126. The number of piperidine rings is 1. The molecule has 27 heavy (non-hydrogen) atoms. The molecule has 150 valence electrons. The van der Waals surface area contributed by atoms with Gasteiger partial charge >= 0.3 is 6.03 Å². The van der Waals surface area contributed by atoms with E-state index in [9.17, 15) is 18.0 Å². The number of likely N-dealkylation sites (tertiary alicyclic amines) is 1. The molecule has 1 aliphatic heterocycles. The quantitative estimate of drug-likeness (QED) is 0.636. The normalized spacial score (nSPS) is 15.6. The first-order chi connectivity index (χ1) is 12.8. The number of hydrogen-bond donors (Lipinski definition) is 3. The van der Waals surface area contributed by atoms with Gasteiger partial charge in [0, 0.05) is 45.3 Å². The van der Waals surface area contributed by atoms with E-state index >= 15 is 0 Å². The minimum Gasteiger partial charge on any atom is -0.395 e. The lowest BCUT2D eigenvalue weighted by Gasteiger charge is -2.31. The third kappa shape index (κ3) is 5.41. The smallest absolute Gasteiger partial charge is 0.321 e. The van der Waals surface area contributed by atoms with E-state index in [0.717, 1.165) is 4.31 Å². The molecule has 0 atom stereocenters. The maximum Gasteiger partial charge on any atom is 0.321 e. The van der Waals surface area contributed by atoms with Gasteiger partial charge in [0.1, 0.15) is 0 Å². The van der Waals surface area contributed by atoms with Crippen LogP contribution in [-0.2, 0) is 14.8 Å². The van der Waals surface area contributed by atoms with Crippen molar-refractivity contribution in [2.75, 3.05) is 45.7 Å². The number of aliphatic hydroxyl groups excluding tert-OH is 1. The number of rotatable bonds is 6. The lowest BCUT2D eigenvalue weighted by Crippen LogP contribution is -2.44. The maximum atomic E-state index is 12.4. The molecular weight excluding hydrogens is 372 g/mol. The van der Waals surface area contributed by atoms with Gasteiger partial charge in [-0.3, -0.25) is 4.79 Å². The summed E-state index contributed by atoms with van der Waals surface area (Å²) in [7, 11) is -0.593. The van der Waals surface area contributed by atoms with Gasteiger partial charge in [0.25, 0.3) is 0 Å². The van der Waals surface area contributed by atoms with Gasteiger partial charge in [0.15, 0.2) is 0 Å². The minimum absolute atomic E-state index is 0.0956. The number of benzene rings is 1. The summed E-state index contributed by atoms with van der Waals surface area (Å²) in [5.41, 5.74) is 0.500. The summed E-state index contributed by atoms with van der Waals surface area (Å²) in [5, 5.41) is 14.1. The van der Waals surface area contributed by atoms with Crippen LogP contribution in [0.3, 0.4) is 0 Å². The zero-order valence-electron chi connectivity index (χ0n) is 15.5. The van der Waals surface area contributed by atoms with Crippen molar-refractivity contribution in [3.8, 4) is 0 Å². The third-order valence-electron chi connectivity index (χ3n) is 4.45. The summed E-state index contributed by atoms with van der Waals surface area (Å²) < 4.78 is 25.2. The molecule has 0 unspecified atom stereocenters. The van der Waals surface area contributed by atoms with E-state index in [1.54, 1.807) is 17.0 Å². The van der Waals surface area contributed by atoms with Gasteiger partial charge in [-0.2, -0.15) is 0 Å². The van der Waals surface area contributed by atoms with E-state index in [1.807, 2.05) is 0 Å². The van der Waals surface area contributed by atoms with Crippen molar-refractivity contribution in [3.63, 3.8) is 0 Å². The van der Waals surface area contributed by atoms with Crippen molar-refractivity contribution >= 4 is 27.6 Å². The largest absolute Gasteiger partial charge is 0.395 e. The van der Waals surface area contributed by atoms with Gasteiger partial charge in [-0.1, -0.05) is 0 Å². The molecule has 1 heterocycles. The molecule has 0 radical (unpaired) electrons. The zero-order chi connectivity index (χ0) is 20.0. The second kappa shape index (κ2) is 9.16. The van der Waals surface area contributed by atoms with Crippen LogP contribution < -0.4 is 10.6 Å². The third-order valence-corrected chi connectivity index (χ3v) is 6.28. The topological polar surface area (TPSA) is 119 Å². The second-order valence-electron chi connectivity index (χ2n) is 6.52. The monoisotopic (exact) mass is 398 g/mol. The van der Waals surface area contributed by atoms with Crippen LogP contribution in [0.2, 0.25) is 0 Å². The van der Waals surface area contributed by atoms with Gasteiger partial charge in [0.05, 0.1) is 11.5 Å². The van der Waals surface area contributed by atoms with Gasteiger partial charge < -0.3 is 20.6 Å². The van der Waals surface area contributed by atoms with Crippen molar-refractivity contribution < 1.29 is 23.1 Å². The zero-order valence-corrected chi connectivity index (χ0v) is 16.3. The molecule has 2 rings (SSSR count). The summed E-state index contributed by atoms with van der Waals surface area (Å²) in [6, 6.07) is 5.70. The van der Waals surface area contributed by atoms with E-state index < -0.39 is 10.0 Å². The van der Waals surface area contributed by atoms with Gasteiger partial charge in [-0.25, -0.2) is 17.5 Å². The average Bonchev–Trinajstić information content (AvgIpc) is 2.66. The fourth-order valence-corrected chi connectivity index (χ4v) is 3.69. The Morgan fingerprint density at radius 2 is 1.78 bits per heavy atom. The molecule has 0 bridgehead atoms. The molecule has 1 aliphatic rings. The lowest BCUT2D eigenvalue weighted by atomic mass is 9.96. The Balaban J connectivity index is 1.88. The van der Waals surface area contributed by atoms with Crippen LogP contribution in [0.15, 0.2) is 29.2 Å². The van der Waals surface area contributed by atoms with Crippen LogP contribution >= 0.6 is 0 Å². The van der Waals surface area contributed by atoms with Gasteiger partial charge in [-0.15, -0.1) is 0 Å². The molecule has 0 spiro atoms. The Bertz CT molecular complexity index is 756. The Labute approximate surface area is 159 Å². The summed E-state index contributed by atoms with van der Waals surface area (Å²) in [4.78, 5) is 26.0. The molecule has 1 saturated heterocycles. The summed E-state index contributed by atoms with van der Waals surface area (Å²) in [6.07, 6.45) is 1.12. The van der Waals surface area contributed by atoms with E-state index in [4.69, 9.17) is 5.11 Å². The first kappa shape index (κ1) is 21.1. The molecule has 3 N–H and O–H groups in total. The first-order valence-electron chi connectivity index (χ1n) is 8.73. The van der Waals surface area contributed by atoms with Crippen LogP contribution in [0.5, 0.6) is 0 Å². The maximum absolute atomic E-state index is 12.4. The van der Waals surface area contributed by atoms with E-state index in [1.165, 1.54) is 26.2 Å². The standard InChI is InChI=1S/C17H26N4O5S/c1-20(2)27(25,26)15-5-3-14(4-6-15)19-17(24)21-10-7-13(8-11-21)16(23)18-9-12-22/h3-6,13,22H,7-12H2,1-2H3,(H,18,23)(H,19,24). The highest BCUT2D eigenvalue weighted by atomic mass is 32.2. The van der Waals surface area contributed by atoms with Crippen LogP contribution in [0.1, 0.15) is 12.8 Å². The van der Waals surface area contributed by atoms with E-state index in [2.05, 4.69) is 10.6 Å². The van der Waals surface area contributed by atoms with Crippen molar-refractivity contribution in [1.82, 2.24) is 14.5 Å². The Morgan fingerprint density at radius 1 is 1.19 bits per heavy atom. The number of amides is 3. The SMILES string of the molecule is CN(C)S(=O)(=O)c1ccc(NC(=O)N2CCC(C(=O)NCCO)CC2)cc1. The van der Waals surface area contributed by atoms with Crippen molar-refractivity contribution in [2.45, 2.75) is 17.7 Å². The molecule has 10 heteroatoms. The molecular formula is C17H26N4O5S.